The summed E-state index contributed by atoms with van der Waals surface area (Å²) < 4.78 is 22.6. The van der Waals surface area contributed by atoms with Crippen LogP contribution in [0.5, 0.6) is 0 Å². The second kappa shape index (κ2) is 7.53. The van der Waals surface area contributed by atoms with Crippen molar-refractivity contribution < 1.29 is 8.42 Å². The Morgan fingerprint density at radius 1 is 1.11 bits per heavy atom. The molecular formula is C19H20N6O2S. The average Bonchev–Trinajstić information content (AvgIpc) is 3.12. The summed E-state index contributed by atoms with van der Waals surface area (Å²) in [6.07, 6.45) is 3.34. The molecule has 0 bridgehead atoms. The van der Waals surface area contributed by atoms with Crippen molar-refractivity contribution in [2.24, 2.45) is 5.14 Å². The lowest BCUT2D eigenvalue weighted by molar-refractivity contribution is 0.598. The molecule has 1 aliphatic rings. The van der Waals surface area contributed by atoms with Crippen LogP contribution in [0, 0.1) is 0 Å². The molecule has 3 N–H and O–H groups in total. The minimum Gasteiger partial charge on any atom is -0.353 e. The largest absolute Gasteiger partial charge is 0.353 e. The first-order chi connectivity index (χ1) is 13.5. The van der Waals surface area contributed by atoms with Gasteiger partial charge in [0.25, 0.3) is 0 Å². The van der Waals surface area contributed by atoms with Crippen molar-refractivity contribution in [3.63, 3.8) is 0 Å². The van der Waals surface area contributed by atoms with E-state index in [1.165, 1.54) is 17.7 Å². The van der Waals surface area contributed by atoms with Crippen LogP contribution < -0.4 is 15.4 Å². The van der Waals surface area contributed by atoms with Gasteiger partial charge in [-0.05, 0) is 42.2 Å². The lowest BCUT2D eigenvalue weighted by Crippen LogP contribution is -2.17. The summed E-state index contributed by atoms with van der Waals surface area (Å²) in [6, 6.07) is 14.8. The number of aromatic nitrogens is 3. The van der Waals surface area contributed by atoms with Crippen molar-refractivity contribution in [3.05, 3.63) is 65.9 Å². The quantitative estimate of drug-likeness (QED) is 0.654. The Hall–Kier alpha value is -3.04. The summed E-state index contributed by atoms with van der Waals surface area (Å²) in [5, 5.41) is 16.4. The van der Waals surface area contributed by atoms with Gasteiger partial charge in [0, 0.05) is 18.8 Å². The van der Waals surface area contributed by atoms with E-state index in [1.807, 2.05) is 12.1 Å². The number of hydrogen-bond donors (Lipinski definition) is 2. The van der Waals surface area contributed by atoms with E-state index in [0.29, 0.717) is 18.9 Å². The number of sulfonamides is 1. The summed E-state index contributed by atoms with van der Waals surface area (Å²) in [7, 11) is -3.67. The molecule has 0 spiro atoms. The van der Waals surface area contributed by atoms with E-state index in [-0.39, 0.29) is 4.90 Å². The fourth-order valence-electron chi connectivity index (χ4n) is 3.24. The molecule has 4 rings (SSSR count). The number of para-hydroxylation sites is 1. The standard InChI is InChI=1S/C19H20N6O2S/c20-28(26,27)16-7-5-14(6-8-16)9-11-21-19-23-18(13-22-24-19)25-12-10-15-3-1-2-4-17(15)25/h1-8,13H,9-12H2,(H2,20,26,27)(H,21,23,24). The van der Waals surface area contributed by atoms with Crippen LogP contribution in [0.4, 0.5) is 17.5 Å². The SMILES string of the molecule is NS(=O)(=O)c1ccc(CCNc2nncc(N3CCc4ccccc43)n2)cc1. The Labute approximate surface area is 163 Å². The Morgan fingerprint density at radius 2 is 1.89 bits per heavy atom. The molecule has 0 atom stereocenters. The third-order valence-corrected chi connectivity index (χ3v) is 5.59. The molecule has 2 aromatic carbocycles. The van der Waals surface area contributed by atoms with E-state index >= 15 is 0 Å². The maximum atomic E-state index is 11.3. The zero-order valence-electron chi connectivity index (χ0n) is 15.1. The monoisotopic (exact) mass is 396 g/mol. The molecule has 0 radical (unpaired) electrons. The van der Waals surface area contributed by atoms with Crippen LogP contribution >= 0.6 is 0 Å². The Bertz CT molecular complexity index is 1090. The van der Waals surface area contributed by atoms with Crippen LogP contribution in [-0.2, 0) is 22.9 Å². The second-order valence-electron chi connectivity index (χ2n) is 6.53. The maximum Gasteiger partial charge on any atom is 0.244 e. The number of hydrogen-bond acceptors (Lipinski definition) is 7. The summed E-state index contributed by atoms with van der Waals surface area (Å²) >= 11 is 0. The molecule has 1 aromatic heterocycles. The number of nitrogens with zero attached hydrogens (tertiary/aromatic N) is 4. The van der Waals surface area contributed by atoms with Gasteiger partial charge in [0.1, 0.15) is 0 Å². The molecule has 9 heteroatoms. The first-order valence-corrected chi connectivity index (χ1v) is 10.5. The fraction of sp³-hybridized carbons (Fsp3) is 0.211. The summed E-state index contributed by atoms with van der Waals surface area (Å²) in [5.74, 6) is 1.22. The number of nitrogens with one attached hydrogen (secondary N) is 1. The van der Waals surface area contributed by atoms with Crippen LogP contribution in [0.2, 0.25) is 0 Å². The van der Waals surface area contributed by atoms with Gasteiger partial charge in [-0.2, -0.15) is 10.1 Å². The highest BCUT2D eigenvalue weighted by atomic mass is 32.2. The van der Waals surface area contributed by atoms with Crippen molar-refractivity contribution in [1.82, 2.24) is 15.2 Å². The van der Waals surface area contributed by atoms with Crippen LogP contribution in [0.3, 0.4) is 0 Å². The zero-order chi connectivity index (χ0) is 19.6. The van der Waals surface area contributed by atoms with Gasteiger partial charge in [-0.3, -0.25) is 0 Å². The number of nitrogens with two attached hydrogens (primary N) is 1. The number of rotatable bonds is 6. The molecule has 144 valence electrons. The lowest BCUT2D eigenvalue weighted by Gasteiger charge is -2.18. The molecule has 0 fully saturated rings. The molecule has 0 aliphatic carbocycles. The number of benzene rings is 2. The Morgan fingerprint density at radius 3 is 2.68 bits per heavy atom. The lowest BCUT2D eigenvalue weighted by atomic mass is 10.1. The first kappa shape index (κ1) is 18.3. The number of fused-ring (bicyclic) bond motifs is 1. The molecule has 3 aromatic rings. The molecule has 0 saturated carbocycles. The van der Waals surface area contributed by atoms with Crippen LogP contribution in [0.15, 0.2) is 59.6 Å². The van der Waals surface area contributed by atoms with Gasteiger partial charge in [0.05, 0.1) is 11.1 Å². The second-order valence-corrected chi connectivity index (χ2v) is 8.10. The van der Waals surface area contributed by atoms with E-state index in [9.17, 15) is 8.42 Å². The van der Waals surface area contributed by atoms with E-state index in [0.717, 1.165) is 30.0 Å². The highest BCUT2D eigenvalue weighted by Gasteiger charge is 2.21. The highest BCUT2D eigenvalue weighted by molar-refractivity contribution is 7.89. The molecule has 8 nitrogen and oxygen atoms in total. The smallest absolute Gasteiger partial charge is 0.244 e. The summed E-state index contributed by atoms with van der Waals surface area (Å²) in [5.41, 5.74) is 3.44. The van der Waals surface area contributed by atoms with Crippen LogP contribution in [0.1, 0.15) is 11.1 Å². The molecule has 0 unspecified atom stereocenters. The molecule has 0 amide bonds. The third-order valence-electron chi connectivity index (χ3n) is 4.66. The molecule has 0 saturated heterocycles. The minimum atomic E-state index is -3.67. The van der Waals surface area contributed by atoms with Crippen molar-refractivity contribution in [2.45, 2.75) is 17.7 Å². The molecule has 2 heterocycles. The van der Waals surface area contributed by atoms with Crippen LogP contribution in [-0.4, -0.2) is 36.7 Å². The minimum absolute atomic E-state index is 0.107. The van der Waals surface area contributed by atoms with Gasteiger partial charge < -0.3 is 10.2 Å². The van der Waals surface area contributed by atoms with E-state index in [4.69, 9.17) is 5.14 Å². The van der Waals surface area contributed by atoms with E-state index in [2.05, 4.69) is 37.5 Å². The number of anilines is 3. The molecule has 28 heavy (non-hydrogen) atoms. The normalized spacial score (nSPS) is 13.4. The maximum absolute atomic E-state index is 11.3. The van der Waals surface area contributed by atoms with E-state index < -0.39 is 10.0 Å². The third kappa shape index (κ3) is 3.95. The van der Waals surface area contributed by atoms with Gasteiger partial charge in [-0.15, -0.1) is 5.10 Å². The van der Waals surface area contributed by atoms with Crippen molar-refractivity contribution in [3.8, 4) is 0 Å². The van der Waals surface area contributed by atoms with E-state index in [1.54, 1.807) is 18.3 Å². The van der Waals surface area contributed by atoms with Gasteiger partial charge in [-0.1, -0.05) is 30.3 Å². The molecular weight excluding hydrogens is 376 g/mol. The highest BCUT2D eigenvalue weighted by Crippen LogP contribution is 2.32. The predicted octanol–water partition coefficient (Wildman–Crippen LogP) is 1.87. The predicted molar refractivity (Wildman–Crippen MR) is 107 cm³/mol. The van der Waals surface area contributed by atoms with Crippen molar-refractivity contribution in [2.75, 3.05) is 23.3 Å². The summed E-state index contributed by atoms with van der Waals surface area (Å²) in [6.45, 7) is 1.46. The van der Waals surface area contributed by atoms with Gasteiger partial charge in [0.2, 0.25) is 16.0 Å². The zero-order valence-corrected chi connectivity index (χ0v) is 15.9. The average molecular weight is 396 g/mol. The van der Waals surface area contributed by atoms with Gasteiger partial charge >= 0.3 is 0 Å². The van der Waals surface area contributed by atoms with Crippen molar-refractivity contribution >= 4 is 27.5 Å². The number of primary sulfonamides is 1. The van der Waals surface area contributed by atoms with Crippen molar-refractivity contribution in [1.29, 1.82) is 0 Å². The van der Waals surface area contributed by atoms with Crippen LogP contribution in [0.25, 0.3) is 0 Å². The Balaban J connectivity index is 1.39. The Kier molecular flexibility index (Phi) is 4.93. The first-order valence-electron chi connectivity index (χ1n) is 8.91. The topological polar surface area (TPSA) is 114 Å². The van der Waals surface area contributed by atoms with Gasteiger partial charge in [-0.25, -0.2) is 13.6 Å². The fourth-order valence-corrected chi connectivity index (χ4v) is 3.76. The van der Waals surface area contributed by atoms with Gasteiger partial charge in [0.15, 0.2) is 5.82 Å². The molecule has 1 aliphatic heterocycles. The summed E-state index contributed by atoms with van der Waals surface area (Å²) in [4.78, 5) is 6.82.